The van der Waals surface area contributed by atoms with Gasteiger partial charge in [-0.2, -0.15) is 5.06 Å². The predicted octanol–water partition coefficient (Wildman–Crippen LogP) is 7.57. The standard InChI is InChI=1S/C39H48N2O4Si/c1-38(2,3)44-37(42)40-29-32(45-46(39(4,5)6,33-23-15-9-16-24-33)34-25-17-10-18-26-34)27-35(40)36(31-21-13-8-14-22-31)41(43)28-30-19-11-7-12-20-30/h7-26,32,35-36,43H,27-29H2,1-6H3/t32-,35-,36+/m1/s1. The highest BCUT2D eigenvalue weighted by molar-refractivity contribution is 6.99. The van der Waals surface area contributed by atoms with Gasteiger partial charge >= 0.3 is 6.09 Å². The highest BCUT2D eigenvalue weighted by Gasteiger charge is 2.54. The average molecular weight is 637 g/mol. The molecule has 4 aromatic rings. The SMILES string of the molecule is CC(C)(C)OC(=O)N1C[C@H](O[Si](c2ccccc2)(c2ccccc2)C(C)(C)C)C[C@@H]1[C@H](c1ccccc1)N(O)Cc1ccccc1. The van der Waals surface area contributed by atoms with Gasteiger partial charge in [0.15, 0.2) is 0 Å². The van der Waals surface area contributed by atoms with Crippen LogP contribution >= 0.6 is 0 Å². The van der Waals surface area contributed by atoms with Crippen molar-refractivity contribution in [2.24, 2.45) is 0 Å². The molecule has 7 heteroatoms. The minimum Gasteiger partial charge on any atom is -0.444 e. The zero-order valence-electron chi connectivity index (χ0n) is 28.0. The maximum atomic E-state index is 14.0. The Morgan fingerprint density at radius 3 is 1.76 bits per heavy atom. The first-order valence-electron chi connectivity index (χ1n) is 16.2. The number of hydroxylamine groups is 2. The van der Waals surface area contributed by atoms with Gasteiger partial charge in [0.2, 0.25) is 0 Å². The number of hydrogen-bond acceptors (Lipinski definition) is 5. The first kappa shape index (κ1) is 33.6. The fourth-order valence-electron chi connectivity index (χ4n) is 6.79. The smallest absolute Gasteiger partial charge is 0.410 e. The Morgan fingerprint density at radius 2 is 1.28 bits per heavy atom. The topological polar surface area (TPSA) is 62.2 Å². The van der Waals surface area contributed by atoms with Gasteiger partial charge < -0.3 is 19.3 Å². The first-order valence-corrected chi connectivity index (χ1v) is 18.1. The number of ether oxygens (including phenoxy) is 1. The lowest BCUT2D eigenvalue weighted by atomic mass is 9.96. The van der Waals surface area contributed by atoms with Crippen LogP contribution in [0.1, 0.15) is 65.1 Å². The molecular formula is C39H48N2O4Si. The van der Waals surface area contributed by atoms with Crippen LogP contribution in [0.15, 0.2) is 121 Å². The Bertz CT molecular complexity index is 1500. The molecule has 5 rings (SSSR count). The molecule has 0 aliphatic carbocycles. The quantitative estimate of drug-likeness (QED) is 0.152. The zero-order chi connectivity index (χ0) is 33.0. The molecule has 1 saturated heterocycles. The molecule has 1 amide bonds. The highest BCUT2D eigenvalue weighted by Crippen LogP contribution is 2.42. The fourth-order valence-corrected chi connectivity index (χ4v) is 11.5. The van der Waals surface area contributed by atoms with E-state index in [9.17, 15) is 10.0 Å². The van der Waals surface area contributed by atoms with Crippen molar-refractivity contribution in [1.29, 1.82) is 0 Å². The van der Waals surface area contributed by atoms with E-state index in [4.69, 9.17) is 9.16 Å². The Hall–Kier alpha value is -3.75. The van der Waals surface area contributed by atoms with Gasteiger partial charge in [0.05, 0.1) is 18.2 Å². The number of nitrogens with zero attached hydrogens (tertiary/aromatic N) is 2. The van der Waals surface area contributed by atoms with Gasteiger partial charge in [-0.3, -0.25) is 0 Å². The maximum Gasteiger partial charge on any atom is 0.410 e. The van der Waals surface area contributed by atoms with Crippen LogP contribution in [0.3, 0.4) is 0 Å². The second-order valence-electron chi connectivity index (χ2n) is 14.3. The number of likely N-dealkylation sites (tertiary alicyclic amines) is 1. The minimum absolute atomic E-state index is 0.223. The molecule has 6 nitrogen and oxygen atoms in total. The summed E-state index contributed by atoms with van der Waals surface area (Å²) >= 11 is 0. The third-order valence-electron chi connectivity index (χ3n) is 8.71. The summed E-state index contributed by atoms with van der Waals surface area (Å²) in [5.74, 6) is 0. The van der Waals surface area contributed by atoms with Crippen molar-refractivity contribution in [2.45, 2.75) is 83.3 Å². The first-order chi connectivity index (χ1) is 21.9. The van der Waals surface area contributed by atoms with Crippen LogP contribution in [0, 0.1) is 0 Å². The maximum absolute atomic E-state index is 14.0. The number of carbonyl (C=O) groups excluding carboxylic acids is 1. The van der Waals surface area contributed by atoms with Crippen LogP contribution < -0.4 is 10.4 Å². The van der Waals surface area contributed by atoms with E-state index in [1.165, 1.54) is 15.4 Å². The summed E-state index contributed by atoms with van der Waals surface area (Å²) in [4.78, 5) is 15.8. The number of rotatable bonds is 9. The molecule has 0 aromatic heterocycles. The molecule has 242 valence electrons. The van der Waals surface area contributed by atoms with E-state index in [2.05, 4.69) is 69.3 Å². The minimum atomic E-state index is -2.91. The molecule has 1 N–H and O–H groups in total. The summed E-state index contributed by atoms with van der Waals surface area (Å²) < 4.78 is 13.5. The third kappa shape index (κ3) is 7.45. The van der Waals surface area contributed by atoms with Crippen molar-refractivity contribution < 1.29 is 19.2 Å². The molecule has 4 aromatic carbocycles. The summed E-state index contributed by atoms with van der Waals surface area (Å²) in [6, 6.07) is 40.1. The second-order valence-corrected chi connectivity index (χ2v) is 18.5. The van der Waals surface area contributed by atoms with E-state index in [1.54, 1.807) is 4.90 Å². The van der Waals surface area contributed by atoms with Crippen LogP contribution in [0.25, 0.3) is 0 Å². The number of amides is 1. The van der Waals surface area contributed by atoms with Gasteiger partial charge in [-0.1, -0.05) is 142 Å². The van der Waals surface area contributed by atoms with E-state index in [1.807, 2.05) is 93.6 Å². The van der Waals surface area contributed by atoms with Crippen LogP contribution in [0.5, 0.6) is 0 Å². The summed E-state index contributed by atoms with van der Waals surface area (Å²) in [6.07, 6.45) is -0.157. The summed E-state index contributed by atoms with van der Waals surface area (Å²) in [5, 5.41) is 15.4. The predicted molar refractivity (Wildman–Crippen MR) is 187 cm³/mol. The molecule has 3 atom stereocenters. The number of benzene rings is 4. The summed E-state index contributed by atoms with van der Waals surface area (Å²) in [7, 11) is -2.91. The lowest BCUT2D eigenvalue weighted by molar-refractivity contribution is -0.153. The van der Waals surface area contributed by atoms with Gasteiger partial charge in [-0.25, -0.2) is 4.79 Å². The van der Waals surface area contributed by atoms with E-state index >= 15 is 0 Å². The lowest BCUT2D eigenvalue weighted by Gasteiger charge is -2.44. The molecule has 1 aliphatic rings. The lowest BCUT2D eigenvalue weighted by Crippen LogP contribution is -2.67. The van der Waals surface area contributed by atoms with Crippen molar-refractivity contribution in [1.82, 2.24) is 9.96 Å². The van der Waals surface area contributed by atoms with Crippen molar-refractivity contribution >= 4 is 24.8 Å². The van der Waals surface area contributed by atoms with Crippen molar-refractivity contribution in [3.63, 3.8) is 0 Å². The molecule has 0 saturated carbocycles. The van der Waals surface area contributed by atoms with Gasteiger partial charge in [0, 0.05) is 13.1 Å². The third-order valence-corrected chi connectivity index (χ3v) is 13.8. The van der Waals surface area contributed by atoms with Gasteiger partial charge in [0.1, 0.15) is 5.60 Å². The molecule has 46 heavy (non-hydrogen) atoms. The van der Waals surface area contributed by atoms with E-state index < -0.39 is 32.1 Å². The monoisotopic (exact) mass is 636 g/mol. The van der Waals surface area contributed by atoms with Crippen LogP contribution in [0.2, 0.25) is 5.04 Å². The van der Waals surface area contributed by atoms with Crippen molar-refractivity contribution in [2.75, 3.05) is 6.54 Å². The Balaban J connectivity index is 1.59. The fraction of sp³-hybridized carbons (Fsp3) is 0.359. The molecule has 1 fully saturated rings. The Labute approximate surface area is 275 Å². The molecular weight excluding hydrogens is 589 g/mol. The molecule has 0 bridgehead atoms. The van der Waals surface area contributed by atoms with Gasteiger partial charge in [-0.05, 0) is 53.7 Å². The molecule has 1 aliphatic heterocycles. The summed E-state index contributed by atoms with van der Waals surface area (Å²) in [5.41, 5.74) is 1.22. The van der Waals surface area contributed by atoms with Crippen LogP contribution in [-0.2, 0) is 15.7 Å². The van der Waals surface area contributed by atoms with Gasteiger partial charge in [0.25, 0.3) is 8.32 Å². The Kier molecular flexibility index (Phi) is 10.2. The van der Waals surface area contributed by atoms with Crippen molar-refractivity contribution in [3.05, 3.63) is 132 Å². The van der Waals surface area contributed by atoms with Crippen LogP contribution in [0.4, 0.5) is 4.79 Å². The second kappa shape index (κ2) is 13.9. The van der Waals surface area contributed by atoms with E-state index in [-0.39, 0.29) is 11.1 Å². The molecule has 0 spiro atoms. The molecule has 0 unspecified atom stereocenters. The van der Waals surface area contributed by atoms with Crippen LogP contribution in [-0.4, -0.2) is 53.9 Å². The highest BCUT2D eigenvalue weighted by atomic mass is 28.4. The zero-order valence-corrected chi connectivity index (χ0v) is 29.0. The van der Waals surface area contributed by atoms with Gasteiger partial charge in [-0.15, -0.1) is 0 Å². The molecule has 0 radical (unpaired) electrons. The van der Waals surface area contributed by atoms with E-state index in [0.29, 0.717) is 19.5 Å². The summed E-state index contributed by atoms with van der Waals surface area (Å²) in [6.45, 7) is 13.1. The largest absolute Gasteiger partial charge is 0.444 e. The Morgan fingerprint density at radius 1 is 0.804 bits per heavy atom. The number of hydrogen-bond donors (Lipinski definition) is 1. The normalized spacial score (nSPS) is 18.0. The molecule has 1 heterocycles. The van der Waals surface area contributed by atoms with E-state index in [0.717, 1.165) is 11.1 Å². The average Bonchev–Trinajstić information content (AvgIpc) is 3.44. The van der Waals surface area contributed by atoms with Crippen molar-refractivity contribution in [3.8, 4) is 0 Å². The number of carbonyl (C=O) groups is 1.